The van der Waals surface area contributed by atoms with Gasteiger partial charge in [-0.25, -0.2) is 0 Å². The Hall–Kier alpha value is -1.26. The molecule has 4 heteroatoms. The van der Waals surface area contributed by atoms with E-state index in [1.54, 1.807) is 0 Å². The molecular formula is C37H60N2O2. The summed E-state index contributed by atoms with van der Waals surface area (Å²) in [6, 6.07) is 6.85. The van der Waals surface area contributed by atoms with Crippen molar-refractivity contribution in [1.29, 1.82) is 0 Å². The first kappa shape index (κ1) is 31.2. The van der Waals surface area contributed by atoms with Gasteiger partial charge in [0.15, 0.2) is 0 Å². The summed E-state index contributed by atoms with van der Waals surface area (Å²) < 4.78 is 0. The number of rotatable bonds is 13. The number of fused-ring (bicyclic) bond motifs is 5. The van der Waals surface area contributed by atoms with Crippen molar-refractivity contribution in [1.82, 2.24) is 10.3 Å². The van der Waals surface area contributed by atoms with Crippen molar-refractivity contribution in [2.75, 3.05) is 6.54 Å². The quantitative estimate of drug-likeness (QED) is 0.237. The molecule has 0 radical (unpaired) electrons. The van der Waals surface area contributed by atoms with Crippen LogP contribution in [0.1, 0.15) is 130 Å². The zero-order chi connectivity index (χ0) is 29.0. The molecule has 2 N–H and O–H groups in total. The molecule has 1 aromatic rings. The number of hydrogen-bond acceptors (Lipinski definition) is 4. The fourth-order valence-electron chi connectivity index (χ4n) is 10.8. The topological polar surface area (TPSA) is 62.2 Å². The molecule has 0 aliphatic heterocycles. The Labute approximate surface area is 251 Å². The second-order valence-electron chi connectivity index (χ2n) is 15.3. The summed E-state index contributed by atoms with van der Waals surface area (Å²) in [4.78, 5) is 16.5. The first-order valence-corrected chi connectivity index (χ1v) is 17.6. The lowest BCUT2D eigenvalue weighted by Gasteiger charge is -2.62. The largest absolute Gasteiger partial charge is 0.393 e. The average Bonchev–Trinajstić information content (AvgIpc) is 3.33. The summed E-state index contributed by atoms with van der Waals surface area (Å²) in [6.07, 6.45) is 20.6. The Morgan fingerprint density at radius 2 is 1.80 bits per heavy atom. The third-order valence-electron chi connectivity index (χ3n) is 13.2. The molecule has 4 aliphatic carbocycles. The molecular weight excluding hydrogens is 504 g/mol. The summed E-state index contributed by atoms with van der Waals surface area (Å²) >= 11 is 0. The zero-order valence-corrected chi connectivity index (χ0v) is 26.8. The van der Waals surface area contributed by atoms with Crippen molar-refractivity contribution >= 4 is 5.78 Å². The molecule has 1 heterocycles. The number of aliphatic hydroxyl groups excluding tert-OH is 1. The Kier molecular flexibility index (Phi) is 10.3. The maximum absolute atomic E-state index is 12.0. The minimum atomic E-state index is -0.128. The van der Waals surface area contributed by atoms with Crippen LogP contribution in [0.3, 0.4) is 0 Å². The van der Waals surface area contributed by atoms with Gasteiger partial charge in [0.05, 0.1) is 6.10 Å². The van der Waals surface area contributed by atoms with Gasteiger partial charge in [-0.15, -0.1) is 0 Å². The monoisotopic (exact) mass is 564 g/mol. The first-order chi connectivity index (χ1) is 19.8. The summed E-state index contributed by atoms with van der Waals surface area (Å²) in [6.45, 7) is 10.7. The van der Waals surface area contributed by atoms with E-state index in [9.17, 15) is 9.90 Å². The Balaban J connectivity index is 1.10. The van der Waals surface area contributed by atoms with Crippen molar-refractivity contribution < 1.29 is 9.90 Å². The minimum absolute atomic E-state index is 0.128. The van der Waals surface area contributed by atoms with E-state index in [4.69, 9.17) is 0 Å². The number of pyridine rings is 1. The highest BCUT2D eigenvalue weighted by atomic mass is 16.3. The summed E-state index contributed by atoms with van der Waals surface area (Å²) in [5, 5.41) is 15.7. The van der Waals surface area contributed by atoms with E-state index < -0.39 is 0 Å². The number of nitrogens with one attached hydrogen (secondary N) is 1. The molecule has 4 aliphatic rings. The average molecular weight is 565 g/mol. The summed E-state index contributed by atoms with van der Waals surface area (Å²) in [5.74, 6) is 4.24. The highest BCUT2D eigenvalue weighted by Crippen LogP contribution is 2.68. The molecule has 230 valence electrons. The molecule has 0 saturated heterocycles. The molecule has 0 spiro atoms. The molecule has 4 fully saturated rings. The van der Waals surface area contributed by atoms with Crippen molar-refractivity contribution in [3.63, 3.8) is 0 Å². The van der Waals surface area contributed by atoms with E-state index in [0.29, 0.717) is 64.6 Å². The maximum atomic E-state index is 12.0. The summed E-state index contributed by atoms with van der Waals surface area (Å²) in [5.41, 5.74) is 1.96. The molecule has 41 heavy (non-hydrogen) atoms. The predicted molar refractivity (Wildman–Crippen MR) is 169 cm³/mol. The van der Waals surface area contributed by atoms with Crippen LogP contribution in [0.25, 0.3) is 0 Å². The molecule has 0 aromatic carbocycles. The molecule has 0 bridgehead atoms. The number of Topliss-reactive ketones (excluding diaryl/α,β-unsaturated/α-hetero) is 1. The van der Waals surface area contributed by atoms with Gasteiger partial charge < -0.3 is 10.4 Å². The van der Waals surface area contributed by atoms with Crippen molar-refractivity contribution in [2.45, 2.75) is 143 Å². The number of unbranched alkanes of at least 4 members (excludes halogenated alkanes) is 3. The van der Waals surface area contributed by atoms with E-state index in [1.807, 2.05) is 19.2 Å². The van der Waals surface area contributed by atoms with Crippen molar-refractivity contribution in [2.24, 2.45) is 46.3 Å². The van der Waals surface area contributed by atoms with Gasteiger partial charge in [0.25, 0.3) is 0 Å². The van der Waals surface area contributed by atoms with Gasteiger partial charge in [0, 0.05) is 30.8 Å². The van der Waals surface area contributed by atoms with Crippen LogP contribution >= 0.6 is 0 Å². The number of ketones is 1. The van der Waals surface area contributed by atoms with Gasteiger partial charge >= 0.3 is 0 Å². The van der Waals surface area contributed by atoms with E-state index in [0.717, 1.165) is 32.2 Å². The number of aliphatic hydroxyl groups is 1. The number of carbonyl (C=O) groups excluding carboxylic acids is 1. The van der Waals surface area contributed by atoms with Gasteiger partial charge in [0.2, 0.25) is 0 Å². The number of aromatic nitrogens is 1. The van der Waals surface area contributed by atoms with Crippen LogP contribution in [0.4, 0.5) is 0 Å². The molecule has 3 unspecified atom stereocenters. The second kappa shape index (κ2) is 13.6. The van der Waals surface area contributed by atoms with E-state index >= 15 is 0 Å². The van der Waals surface area contributed by atoms with Crippen LogP contribution in [0, 0.1) is 46.3 Å². The van der Waals surface area contributed by atoms with Gasteiger partial charge in [-0.2, -0.15) is 0 Å². The fraction of sp³-hybridized carbons (Fsp3) is 0.838. The SMILES string of the molecule is CCC(=O)CC[C@@H](C)[C@H]1CCC2C3C(CC[C@@]21C)[C@@]1(C)CC[C@@H](NCCCCCCc2ccccn2)C[C@@H]1C[C@H]3O. The number of hydrogen-bond donors (Lipinski definition) is 2. The number of carbonyl (C=O) groups is 1. The third kappa shape index (κ3) is 6.64. The highest BCUT2D eigenvalue weighted by molar-refractivity contribution is 5.77. The Morgan fingerprint density at radius 3 is 2.59 bits per heavy atom. The molecule has 4 nitrogen and oxygen atoms in total. The summed E-state index contributed by atoms with van der Waals surface area (Å²) in [7, 11) is 0. The van der Waals surface area contributed by atoms with E-state index in [2.05, 4.69) is 43.2 Å². The van der Waals surface area contributed by atoms with Crippen LogP contribution in [0.2, 0.25) is 0 Å². The standard InChI is InChI=1S/C37H60N2O2/c1-5-30(40)15-14-26(2)31-16-17-32-35-33(19-21-37(31,32)4)36(3)20-18-29(24-27(36)25-34(35)41)39-22-10-7-6-8-12-28-13-9-11-23-38-28/h9,11,13,23,26-27,29,31-35,39,41H,5-8,10,12,14-22,24-25H2,1-4H3/t26-,27-,29-,31-,32?,33?,34-,35?,36+,37-/m1/s1. The Bertz CT molecular complexity index is 982. The predicted octanol–water partition coefficient (Wildman–Crippen LogP) is 8.17. The normalized spacial score (nSPS) is 39.0. The Morgan fingerprint density at radius 1 is 1.02 bits per heavy atom. The molecule has 1 aromatic heterocycles. The third-order valence-corrected chi connectivity index (χ3v) is 13.2. The van der Waals surface area contributed by atoms with Gasteiger partial charge in [-0.3, -0.25) is 9.78 Å². The lowest BCUT2D eigenvalue weighted by molar-refractivity contribution is -0.167. The van der Waals surface area contributed by atoms with E-state index in [-0.39, 0.29) is 6.10 Å². The zero-order valence-electron chi connectivity index (χ0n) is 26.8. The molecule has 4 saturated carbocycles. The van der Waals surface area contributed by atoms with Crippen molar-refractivity contribution in [3.05, 3.63) is 30.1 Å². The van der Waals surface area contributed by atoms with E-state index in [1.165, 1.54) is 76.3 Å². The molecule has 0 amide bonds. The lowest BCUT2D eigenvalue weighted by Crippen LogP contribution is -2.59. The smallest absolute Gasteiger partial charge is 0.132 e. The first-order valence-electron chi connectivity index (χ1n) is 17.6. The van der Waals surface area contributed by atoms with Crippen LogP contribution in [0.15, 0.2) is 24.4 Å². The van der Waals surface area contributed by atoms with Crippen LogP contribution in [0.5, 0.6) is 0 Å². The fourth-order valence-corrected chi connectivity index (χ4v) is 10.8. The lowest BCUT2D eigenvalue weighted by atomic mass is 9.43. The highest BCUT2D eigenvalue weighted by Gasteiger charge is 2.62. The number of nitrogens with zero attached hydrogens (tertiary/aromatic N) is 1. The second-order valence-corrected chi connectivity index (χ2v) is 15.3. The van der Waals surface area contributed by atoms with Crippen LogP contribution < -0.4 is 5.32 Å². The minimum Gasteiger partial charge on any atom is -0.393 e. The molecule has 5 rings (SSSR count). The molecule has 10 atom stereocenters. The van der Waals surface area contributed by atoms with Crippen LogP contribution in [-0.2, 0) is 11.2 Å². The maximum Gasteiger partial charge on any atom is 0.132 e. The van der Waals surface area contributed by atoms with Gasteiger partial charge in [-0.05, 0) is 142 Å². The van der Waals surface area contributed by atoms with Crippen LogP contribution in [-0.4, -0.2) is 34.6 Å². The van der Waals surface area contributed by atoms with Gasteiger partial charge in [0.1, 0.15) is 5.78 Å². The van der Waals surface area contributed by atoms with Crippen molar-refractivity contribution in [3.8, 4) is 0 Å². The van der Waals surface area contributed by atoms with Gasteiger partial charge in [-0.1, -0.05) is 46.6 Å². The number of aryl methyl sites for hydroxylation is 1.